The second-order valence-corrected chi connectivity index (χ2v) is 8.15. The number of halogens is 1. The van der Waals surface area contributed by atoms with Crippen LogP contribution in [0.1, 0.15) is 29.9 Å². The van der Waals surface area contributed by atoms with Crippen LogP contribution in [0.2, 0.25) is 0 Å². The molecule has 0 amide bonds. The summed E-state index contributed by atoms with van der Waals surface area (Å²) in [6.45, 7) is 2.72. The van der Waals surface area contributed by atoms with Gasteiger partial charge in [0.1, 0.15) is 17.3 Å². The van der Waals surface area contributed by atoms with E-state index in [1.54, 1.807) is 31.6 Å². The molecular formula is C26H24FN4O2+. The molecule has 3 heterocycles. The summed E-state index contributed by atoms with van der Waals surface area (Å²) in [7, 11) is 1.65. The predicted octanol–water partition coefficient (Wildman–Crippen LogP) is 4.31. The normalized spacial score (nSPS) is 14.3. The number of imidazole rings is 1. The maximum atomic E-state index is 13.4. The summed E-state index contributed by atoms with van der Waals surface area (Å²) < 4.78 is 23.1. The molecule has 1 aliphatic heterocycles. The number of nitrogens with one attached hydrogen (secondary N) is 1. The van der Waals surface area contributed by atoms with Crippen molar-refractivity contribution >= 4 is 11.6 Å². The summed E-state index contributed by atoms with van der Waals surface area (Å²) in [5, 5.41) is 0. The average molecular weight is 444 g/mol. The van der Waals surface area contributed by atoms with Gasteiger partial charge in [0.2, 0.25) is 0 Å². The Kier molecular flexibility index (Phi) is 5.38. The first-order valence-electron chi connectivity index (χ1n) is 10.8. The summed E-state index contributed by atoms with van der Waals surface area (Å²) in [4.78, 5) is 19.8. The van der Waals surface area contributed by atoms with Crippen LogP contribution in [0.15, 0.2) is 65.8 Å². The Hall–Kier alpha value is -4.00. The first kappa shape index (κ1) is 20.9. The molecule has 0 aliphatic carbocycles. The lowest BCUT2D eigenvalue weighted by molar-refractivity contribution is -0.694. The SMILES string of the molecule is COc1cc(/C=C2\CCC[n+]3c(-c4ccc(F)cc4)cc(=O)[nH]c32)ccc1-n1cnc(C)c1. The van der Waals surface area contributed by atoms with Gasteiger partial charge < -0.3 is 9.30 Å². The topological polar surface area (TPSA) is 63.8 Å². The van der Waals surface area contributed by atoms with Crippen LogP contribution < -0.4 is 14.9 Å². The molecule has 0 bridgehead atoms. The second-order valence-electron chi connectivity index (χ2n) is 8.15. The van der Waals surface area contributed by atoms with E-state index in [0.29, 0.717) is 0 Å². The van der Waals surface area contributed by atoms with Crippen molar-refractivity contribution in [2.45, 2.75) is 26.3 Å². The maximum absolute atomic E-state index is 13.4. The van der Waals surface area contributed by atoms with Gasteiger partial charge in [-0.1, -0.05) is 6.07 Å². The Labute approximate surface area is 190 Å². The summed E-state index contributed by atoms with van der Waals surface area (Å²) in [6, 6.07) is 13.8. The van der Waals surface area contributed by atoms with Crippen molar-refractivity contribution in [3.63, 3.8) is 0 Å². The zero-order valence-corrected chi connectivity index (χ0v) is 18.5. The molecular weight excluding hydrogens is 419 g/mol. The van der Waals surface area contributed by atoms with Crippen LogP contribution in [-0.4, -0.2) is 21.6 Å². The fourth-order valence-corrected chi connectivity index (χ4v) is 4.33. The Morgan fingerprint density at radius 3 is 2.73 bits per heavy atom. The van der Waals surface area contributed by atoms with Gasteiger partial charge in [0, 0.05) is 17.3 Å². The van der Waals surface area contributed by atoms with Gasteiger partial charge in [0.25, 0.3) is 5.82 Å². The first-order chi connectivity index (χ1) is 16.0. The molecule has 0 saturated heterocycles. The monoisotopic (exact) mass is 443 g/mol. The van der Waals surface area contributed by atoms with E-state index in [-0.39, 0.29) is 11.4 Å². The smallest absolute Gasteiger partial charge is 0.336 e. The largest absolute Gasteiger partial charge is 0.495 e. The number of H-pyrrole nitrogens is 1. The van der Waals surface area contributed by atoms with Crippen molar-refractivity contribution in [2.75, 3.05) is 7.11 Å². The van der Waals surface area contributed by atoms with Gasteiger partial charge in [-0.2, -0.15) is 0 Å². The predicted molar refractivity (Wildman–Crippen MR) is 125 cm³/mol. The molecule has 0 saturated carbocycles. The molecule has 0 spiro atoms. The Morgan fingerprint density at radius 1 is 1.18 bits per heavy atom. The number of fused-ring (bicyclic) bond motifs is 1. The number of aryl methyl sites for hydroxylation is 1. The van der Waals surface area contributed by atoms with E-state index in [9.17, 15) is 9.18 Å². The Balaban J connectivity index is 1.58. The van der Waals surface area contributed by atoms with E-state index in [2.05, 4.69) is 20.6 Å². The second kappa shape index (κ2) is 8.50. The number of methoxy groups -OCH3 is 1. The third-order valence-corrected chi connectivity index (χ3v) is 5.88. The van der Waals surface area contributed by atoms with Crippen molar-refractivity contribution in [3.8, 4) is 22.7 Å². The van der Waals surface area contributed by atoms with E-state index in [1.165, 1.54) is 12.1 Å². The lowest BCUT2D eigenvalue weighted by Crippen LogP contribution is -2.46. The first-order valence-corrected chi connectivity index (χ1v) is 10.8. The highest BCUT2D eigenvalue weighted by molar-refractivity contribution is 5.79. The van der Waals surface area contributed by atoms with E-state index >= 15 is 0 Å². The van der Waals surface area contributed by atoms with Crippen LogP contribution in [0, 0.1) is 12.7 Å². The van der Waals surface area contributed by atoms with Crippen molar-refractivity contribution in [2.24, 2.45) is 0 Å². The van der Waals surface area contributed by atoms with Crippen molar-refractivity contribution < 1.29 is 13.7 Å². The molecule has 0 radical (unpaired) electrons. The number of hydrogen-bond donors (Lipinski definition) is 1. The lowest BCUT2D eigenvalue weighted by atomic mass is 10.00. The fraction of sp³-hybridized carbons (Fsp3) is 0.192. The molecule has 2 aromatic heterocycles. The minimum atomic E-state index is -0.300. The van der Waals surface area contributed by atoms with Crippen molar-refractivity contribution in [1.29, 1.82) is 0 Å². The molecule has 0 unspecified atom stereocenters. The zero-order valence-electron chi connectivity index (χ0n) is 18.5. The van der Waals surface area contributed by atoms with E-state index < -0.39 is 0 Å². The Bertz CT molecular complexity index is 1420. The van der Waals surface area contributed by atoms with Crippen molar-refractivity contribution in [1.82, 2.24) is 14.5 Å². The highest BCUT2D eigenvalue weighted by Gasteiger charge is 2.25. The summed E-state index contributed by atoms with van der Waals surface area (Å²) in [5.74, 6) is 1.21. The van der Waals surface area contributed by atoms with Gasteiger partial charge >= 0.3 is 5.56 Å². The molecule has 1 N–H and O–H groups in total. The van der Waals surface area contributed by atoms with Gasteiger partial charge in [0.05, 0.1) is 37.4 Å². The zero-order chi connectivity index (χ0) is 22.9. The molecule has 166 valence electrons. The number of benzene rings is 2. The quantitative estimate of drug-likeness (QED) is 0.478. The average Bonchev–Trinajstić information content (AvgIpc) is 3.25. The minimum Gasteiger partial charge on any atom is -0.495 e. The van der Waals surface area contributed by atoms with E-state index in [0.717, 1.165) is 64.7 Å². The van der Waals surface area contributed by atoms with Gasteiger partial charge in [-0.05, 0) is 67.8 Å². The van der Waals surface area contributed by atoms with E-state index in [4.69, 9.17) is 4.74 Å². The van der Waals surface area contributed by atoms with Gasteiger partial charge in [-0.15, -0.1) is 0 Å². The van der Waals surface area contributed by atoms with Gasteiger partial charge in [-0.3, -0.25) is 0 Å². The molecule has 6 nitrogen and oxygen atoms in total. The molecule has 0 fully saturated rings. The Morgan fingerprint density at radius 2 is 2.00 bits per heavy atom. The molecule has 5 rings (SSSR count). The molecule has 4 aromatic rings. The summed E-state index contributed by atoms with van der Waals surface area (Å²) in [5.41, 5.74) is 5.26. The molecule has 1 aliphatic rings. The lowest BCUT2D eigenvalue weighted by Gasteiger charge is -2.18. The highest BCUT2D eigenvalue weighted by Crippen LogP contribution is 2.29. The standard InChI is InChI=1S/C26H23FN4O2/c1-17-15-30(16-28-17)22-10-5-18(13-24(22)33-2)12-20-4-3-11-31-23(14-25(32)29-26(20)31)19-6-8-21(27)9-7-19/h5-10,12-16H,3-4,11H2,1-2H3/p+1/b20-12+. The number of allylic oxidation sites excluding steroid dienone is 1. The third kappa shape index (κ3) is 4.09. The molecule has 0 atom stereocenters. The summed E-state index contributed by atoms with van der Waals surface area (Å²) in [6.07, 6.45) is 7.58. The highest BCUT2D eigenvalue weighted by atomic mass is 19.1. The number of ether oxygens (including phenoxy) is 1. The molecule has 33 heavy (non-hydrogen) atoms. The fourth-order valence-electron chi connectivity index (χ4n) is 4.33. The summed E-state index contributed by atoms with van der Waals surface area (Å²) >= 11 is 0. The number of nitrogens with zero attached hydrogens (tertiary/aromatic N) is 3. The molecule has 7 heteroatoms. The van der Waals surface area contributed by atoms with Crippen molar-refractivity contribution in [3.05, 3.63) is 94.3 Å². The van der Waals surface area contributed by atoms with Crippen LogP contribution in [0.3, 0.4) is 0 Å². The third-order valence-electron chi connectivity index (χ3n) is 5.88. The minimum absolute atomic E-state index is 0.184. The number of aromatic amines is 1. The van der Waals surface area contributed by atoms with Crippen LogP contribution in [0.5, 0.6) is 5.75 Å². The maximum Gasteiger partial charge on any atom is 0.336 e. The van der Waals surface area contributed by atoms with Crippen LogP contribution in [0.25, 0.3) is 28.6 Å². The number of aromatic nitrogens is 4. The van der Waals surface area contributed by atoms with Crippen LogP contribution in [-0.2, 0) is 6.54 Å². The van der Waals surface area contributed by atoms with Crippen LogP contribution in [0.4, 0.5) is 4.39 Å². The van der Waals surface area contributed by atoms with Gasteiger partial charge in [0.15, 0.2) is 0 Å². The van der Waals surface area contributed by atoms with Gasteiger partial charge in [-0.25, -0.2) is 23.7 Å². The van der Waals surface area contributed by atoms with E-state index in [1.807, 2.05) is 35.9 Å². The van der Waals surface area contributed by atoms with Crippen LogP contribution >= 0.6 is 0 Å². The number of rotatable bonds is 4. The molecule has 2 aromatic carbocycles. The number of hydrogen-bond acceptors (Lipinski definition) is 3.